The molecular weight excluding hydrogens is 436 g/mol. The van der Waals surface area contributed by atoms with E-state index in [9.17, 15) is 4.79 Å². The highest BCUT2D eigenvalue weighted by Crippen LogP contribution is 2.20. The van der Waals surface area contributed by atoms with Gasteiger partial charge in [-0.15, -0.1) is 0 Å². The molecule has 172 valence electrons. The van der Waals surface area contributed by atoms with Crippen LogP contribution in [0.4, 0.5) is 0 Å². The molecule has 1 aromatic heterocycles. The number of benzene rings is 2. The summed E-state index contributed by atoms with van der Waals surface area (Å²) in [6.45, 7) is 7.76. The normalized spacial score (nSPS) is 11.5. The minimum absolute atomic E-state index is 0.0642. The molecule has 0 aliphatic rings. The summed E-state index contributed by atoms with van der Waals surface area (Å²) in [4.78, 5) is 13.3. The number of halogens is 1. The molecule has 0 saturated carbocycles. The second-order valence-electron chi connectivity index (χ2n) is 7.50. The van der Waals surface area contributed by atoms with Gasteiger partial charge in [0.1, 0.15) is 18.1 Å². The summed E-state index contributed by atoms with van der Waals surface area (Å²) in [6, 6.07) is 14.9. The standard InChI is InChI=1S/C27H29ClN2O3/c1-4-5-6-7-20(2)18-29-19-22-16-21-8-9-23(28)17-26(21)30(27(22)31)14-15-33-25-12-10-24(32-3)11-13-25/h4-13,16-17,29H,2,14-15,18-19H2,1,3H3/b5-4-,7-6-. The Bertz CT molecular complexity index is 1210. The fourth-order valence-corrected chi connectivity index (χ4v) is 3.57. The van der Waals surface area contributed by atoms with Crippen LogP contribution in [-0.4, -0.2) is 24.8 Å². The molecule has 0 amide bonds. The Labute approximate surface area is 199 Å². The highest BCUT2D eigenvalue weighted by atomic mass is 35.5. The Hall–Kier alpha value is -3.28. The summed E-state index contributed by atoms with van der Waals surface area (Å²) in [7, 11) is 1.62. The summed E-state index contributed by atoms with van der Waals surface area (Å²) in [5.41, 5.74) is 2.34. The maximum atomic E-state index is 13.3. The second kappa shape index (κ2) is 12.1. The van der Waals surface area contributed by atoms with Gasteiger partial charge >= 0.3 is 0 Å². The van der Waals surface area contributed by atoms with Crippen LogP contribution >= 0.6 is 11.6 Å². The van der Waals surface area contributed by atoms with Gasteiger partial charge in [-0.05, 0) is 60.3 Å². The molecule has 3 aromatic rings. The number of hydrogen-bond donors (Lipinski definition) is 1. The summed E-state index contributed by atoms with van der Waals surface area (Å²) < 4.78 is 12.7. The molecule has 6 heteroatoms. The van der Waals surface area contributed by atoms with Gasteiger partial charge in [0.25, 0.3) is 5.56 Å². The van der Waals surface area contributed by atoms with E-state index < -0.39 is 0 Å². The van der Waals surface area contributed by atoms with Crippen molar-refractivity contribution < 1.29 is 9.47 Å². The van der Waals surface area contributed by atoms with Crippen LogP contribution in [0.3, 0.4) is 0 Å². The number of aromatic nitrogens is 1. The highest BCUT2D eigenvalue weighted by Gasteiger charge is 2.10. The van der Waals surface area contributed by atoms with E-state index in [1.54, 1.807) is 11.7 Å². The Balaban J connectivity index is 1.75. The maximum absolute atomic E-state index is 13.3. The number of ether oxygens (including phenoxy) is 2. The first-order valence-corrected chi connectivity index (χ1v) is 11.2. The molecule has 2 aromatic carbocycles. The van der Waals surface area contributed by atoms with E-state index in [2.05, 4.69) is 11.9 Å². The first-order valence-electron chi connectivity index (χ1n) is 10.8. The van der Waals surface area contributed by atoms with Crippen LogP contribution in [-0.2, 0) is 13.1 Å². The number of fused-ring (bicyclic) bond motifs is 1. The molecule has 0 bridgehead atoms. The number of nitrogens with zero attached hydrogens (tertiary/aromatic N) is 1. The van der Waals surface area contributed by atoms with Crippen molar-refractivity contribution in [3.8, 4) is 11.5 Å². The van der Waals surface area contributed by atoms with Crippen molar-refractivity contribution in [1.82, 2.24) is 9.88 Å². The lowest BCUT2D eigenvalue weighted by Gasteiger charge is -2.15. The molecule has 0 aliphatic carbocycles. The SMILES string of the molecule is C=C(/C=C\C=C/C)CNCc1cc2ccc(Cl)cc2n(CCOc2ccc(OC)cc2)c1=O. The van der Waals surface area contributed by atoms with E-state index in [0.29, 0.717) is 42.6 Å². The average Bonchev–Trinajstić information content (AvgIpc) is 2.82. The summed E-state index contributed by atoms with van der Waals surface area (Å²) in [6.07, 6.45) is 7.80. The smallest absolute Gasteiger partial charge is 0.255 e. The number of rotatable bonds is 11. The van der Waals surface area contributed by atoms with Crippen LogP contribution in [0, 0.1) is 0 Å². The largest absolute Gasteiger partial charge is 0.497 e. The van der Waals surface area contributed by atoms with Crippen molar-refractivity contribution in [2.45, 2.75) is 20.0 Å². The third-order valence-corrected chi connectivity index (χ3v) is 5.31. The molecule has 3 rings (SSSR count). The molecule has 0 saturated heterocycles. The summed E-state index contributed by atoms with van der Waals surface area (Å²) in [5.74, 6) is 1.48. The fraction of sp³-hybridized carbons (Fsp3) is 0.222. The van der Waals surface area contributed by atoms with E-state index >= 15 is 0 Å². The first-order chi connectivity index (χ1) is 16.0. The van der Waals surface area contributed by atoms with Gasteiger partial charge < -0.3 is 19.4 Å². The Kier molecular flexibility index (Phi) is 8.93. The summed E-state index contributed by atoms with van der Waals surface area (Å²) >= 11 is 6.22. The third kappa shape index (κ3) is 6.85. The molecule has 1 heterocycles. The number of allylic oxidation sites excluding steroid dienone is 3. The van der Waals surface area contributed by atoms with Crippen LogP contribution < -0.4 is 20.3 Å². The molecule has 0 fully saturated rings. The van der Waals surface area contributed by atoms with Gasteiger partial charge in [0.2, 0.25) is 0 Å². The minimum atomic E-state index is -0.0642. The van der Waals surface area contributed by atoms with Gasteiger partial charge in [-0.25, -0.2) is 0 Å². The Morgan fingerprint density at radius 3 is 2.61 bits per heavy atom. The Morgan fingerprint density at radius 1 is 1.12 bits per heavy atom. The zero-order valence-corrected chi connectivity index (χ0v) is 19.8. The molecule has 5 nitrogen and oxygen atoms in total. The molecule has 0 atom stereocenters. The summed E-state index contributed by atoms with van der Waals surface area (Å²) in [5, 5.41) is 4.84. The fourth-order valence-electron chi connectivity index (χ4n) is 3.40. The van der Waals surface area contributed by atoms with Crippen LogP contribution in [0.25, 0.3) is 10.9 Å². The van der Waals surface area contributed by atoms with Crippen molar-refractivity contribution in [3.05, 3.63) is 106 Å². The van der Waals surface area contributed by atoms with Crippen LogP contribution in [0.15, 0.2) is 89.8 Å². The number of nitrogens with one attached hydrogen (secondary N) is 1. The third-order valence-electron chi connectivity index (χ3n) is 5.08. The van der Waals surface area contributed by atoms with Crippen molar-refractivity contribution in [2.75, 3.05) is 20.3 Å². The maximum Gasteiger partial charge on any atom is 0.255 e. The lowest BCUT2D eigenvalue weighted by atomic mass is 10.1. The van der Waals surface area contributed by atoms with E-state index in [1.807, 2.05) is 79.8 Å². The second-order valence-corrected chi connectivity index (χ2v) is 7.94. The van der Waals surface area contributed by atoms with E-state index in [-0.39, 0.29) is 5.56 Å². The van der Waals surface area contributed by atoms with Gasteiger partial charge in [-0.1, -0.05) is 48.6 Å². The van der Waals surface area contributed by atoms with Crippen molar-refractivity contribution >= 4 is 22.5 Å². The first kappa shape index (κ1) is 24.4. The molecule has 0 radical (unpaired) electrons. The quantitative estimate of drug-likeness (QED) is 0.379. The number of hydrogen-bond acceptors (Lipinski definition) is 4. The van der Waals surface area contributed by atoms with Gasteiger partial charge in [0.15, 0.2) is 0 Å². The van der Waals surface area contributed by atoms with Gasteiger partial charge in [-0.3, -0.25) is 4.79 Å². The molecule has 1 N–H and O–H groups in total. The predicted molar refractivity (Wildman–Crippen MR) is 137 cm³/mol. The molecule has 0 aliphatic heterocycles. The monoisotopic (exact) mass is 464 g/mol. The zero-order chi connectivity index (χ0) is 23.6. The average molecular weight is 465 g/mol. The topological polar surface area (TPSA) is 52.5 Å². The molecule has 0 unspecified atom stereocenters. The van der Waals surface area contributed by atoms with Crippen molar-refractivity contribution in [2.24, 2.45) is 0 Å². The van der Waals surface area contributed by atoms with Crippen molar-refractivity contribution in [3.63, 3.8) is 0 Å². The zero-order valence-electron chi connectivity index (χ0n) is 19.0. The number of pyridine rings is 1. The van der Waals surface area contributed by atoms with Crippen molar-refractivity contribution in [1.29, 1.82) is 0 Å². The highest BCUT2D eigenvalue weighted by molar-refractivity contribution is 6.31. The van der Waals surface area contributed by atoms with Crippen LogP contribution in [0.1, 0.15) is 12.5 Å². The minimum Gasteiger partial charge on any atom is -0.497 e. The van der Waals surface area contributed by atoms with Crippen LogP contribution in [0.5, 0.6) is 11.5 Å². The molecular formula is C27H29ClN2O3. The Morgan fingerprint density at radius 2 is 1.88 bits per heavy atom. The number of methoxy groups -OCH3 is 1. The van der Waals surface area contributed by atoms with Gasteiger partial charge in [-0.2, -0.15) is 0 Å². The van der Waals surface area contributed by atoms with Gasteiger partial charge in [0, 0.05) is 23.7 Å². The predicted octanol–water partition coefficient (Wildman–Crippen LogP) is 5.52. The lowest BCUT2D eigenvalue weighted by Crippen LogP contribution is -2.29. The van der Waals surface area contributed by atoms with E-state index in [1.165, 1.54) is 0 Å². The van der Waals surface area contributed by atoms with Gasteiger partial charge in [0.05, 0.1) is 19.2 Å². The molecule has 0 spiro atoms. The van der Waals surface area contributed by atoms with E-state index in [0.717, 1.165) is 22.2 Å². The molecule has 33 heavy (non-hydrogen) atoms. The van der Waals surface area contributed by atoms with E-state index in [4.69, 9.17) is 21.1 Å². The van der Waals surface area contributed by atoms with Crippen LogP contribution in [0.2, 0.25) is 5.02 Å². The lowest BCUT2D eigenvalue weighted by molar-refractivity contribution is 0.298.